The zero-order valence-electron chi connectivity index (χ0n) is 33.2. The molecule has 5 N–H and O–H groups in total. The average Bonchev–Trinajstić information content (AvgIpc) is 3.14. The van der Waals surface area contributed by atoms with Gasteiger partial charge in [0.15, 0.2) is 6.10 Å². The molecule has 13 heteroatoms. The van der Waals surface area contributed by atoms with Crippen molar-refractivity contribution in [3.8, 4) is 0 Å². The van der Waals surface area contributed by atoms with Crippen molar-refractivity contribution in [2.45, 2.75) is 205 Å². The quantitative estimate of drug-likeness (QED) is 0.0174. The number of allylic oxidation sites excluding steroid dienone is 1. The number of phosphoric acid groups is 1. The fourth-order valence-electron chi connectivity index (χ4n) is 5.72. The first-order chi connectivity index (χ1) is 25.5. The Morgan fingerprint density at radius 3 is 1.66 bits per heavy atom. The lowest BCUT2D eigenvalue weighted by atomic mass is 10.0. The molecule has 0 amide bonds. The Balaban J connectivity index is 4.40. The number of unbranched alkanes of at least 4 members (excludes halogenated alkanes) is 19. The van der Waals surface area contributed by atoms with Gasteiger partial charge in [-0.3, -0.25) is 18.6 Å². The lowest BCUT2D eigenvalue weighted by Gasteiger charge is -2.20. The molecule has 5 unspecified atom stereocenters. The van der Waals surface area contributed by atoms with Crippen LogP contribution in [-0.2, 0) is 32.7 Å². The van der Waals surface area contributed by atoms with E-state index in [0.29, 0.717) is 25.7 Å². The van der Waals surface area contributed by atoms with Crippen LogP contribution in [0.5, 0.6) is 0 Å². The van der Waals surface area contributed by atoms with Gasteiger partial charge in [0.1, 0.15) is 12.7 Å². The summed E-state index contributed by atoms with van der Waals surface area (Å²) in [6, 6.07) is 0. The Morgan fingerprint density at radius 1 is 0.604 bits per heavy atom. The summed E-state index contributed by atoms with van der Waals surface area (Å²) in [4.78, 5) is 34.9. The normalized spacial score (nSPS) is 15.2. The molecule has 0 aromatic rings. The lowest BCUT2D eigenvalue weighted by Crippen LogP contribution is -2.29. The van der Waals surface area contributed by atoms with Gasteiger partial charge in [-0.1, -0.05) is 142 Å². The molecular weight excluding hydrogens is 703 g/mol. The highest BCUT2D eigenvalue weighted by atomic mass is 31.2. The fourth-order valence-corrected chi connectivity index (χ4v) is 6.51. The average molecular weight is 781 g/mol. The molecule has 314 valence electrons. The minimum atomic E-state index is -4.64. The molecule has 0 aromatic carbocycles. The van der Waals surface area contributed by atoms with Crippen LogP contribution >= 0.6 is 7.82 Å². The van der Waals surface area contributed by atoms with Gasteiger partial charge >= 0.3 is 19.8 Å². The van der Waals surface area contributed by atoms with Crippen LogP contribution in [0.3, 0.4) is 0 Å². The first-order valence-electron chi connectivity index (χ1n) is 20.8. The Bertz CT molecular complexity index is 933. The number of phosphoric ester groups is 1. The van der Waals surface area contributed by atoms with Gasteiger partial charge in [-0.05, 0) is 38.5 Å². The van der Waals surface area contributed by atoms with Gasteiger partial charge in [-0.15, -0.1) is 0 Å². The second kappa shape index (κ2) is 36.3. The topological polar surface area (TPSA) is 189 Å². The fraction of sp³-hybridized carbons (Fsp3) is 0.900. The summed E-state index contributed by atoms with van der Waals surface area (Å²) in [5.41, 5.74) is 0. The Labute approximate surface area is 321 Å². The Morgan fingerprint density at radius 2 is 1.09 bits per heavy atom. The van der Waals surface area contributed by atoms with Crippen LogP contribution < -0.4 is 0 Å². The molecule has 0 aliphatic rings. The van der Waals surface area contributed by atoms with E-state index in [1.54, 1.807) is 0 Å². The molecule has 0 aliphatic heterocycles. The summed E-state index contributed by atoms with van der Waals surface area (Å²) in [5, 5.41) is 38.4. The minimum absolute atomic E-state index is 0.123. The summed E-state index contributed by atoms with van der Waals surface area (Å²) >= 11 is 0. The third-order valence-electron chi connectivity index (χ3n) is 9.12. The molecule has 12 nitrogen and oxygen atoms in total. The third-order valence-corrected chi connectivity index (χ3v) is 10.1. The van der Waals surface area contributed by atoms with Gasteiger partial charge in [0, 0.05) is 12.8 Å². The van der Waals surface area contributed by atoms with Crippen molar-refractivity contribution < 1.29 is 58.0 Å². The van der Waals surface area contributed by atoms with Gasteiger partial charge in [-0.25, -0.2) is 4.57 Å². The molecule has 0 radical (unpaired) electrons. The lowest BCUT2D eigenvalue weighted by molar-refractivity contribution is -0.161. The molecule has 5 atom stereocenters. The molecule has 0 fully saturated rings. The number of hydrogen-bond donors (Lipinski definition) is 5. The Kier molecular flexibility index (Phi) is 35.3. The van der Waals surface area contributed by atoms with E-state index >= 15 is 0 Å². The molecule has 0 heterocycles. The summed E-state index contributed by atoms with van der Waals surface area (Å²) in [6.45, 7) is 2.13. The number of rotatable bonds is 39. The predicted octanol–water partition coefficient (Wildman–Crippen LogP) is 8.39. The standard InChI is InChI=1S/C40H77O12P/c1-3-5-7-8-9-10-11-12-13-14-18-21-25-29-39(45)49-33-36(34-51-53(47,48)50-32-35(42)31-41)52-40(46)30-26-22-19-16-15-17-20-24-28-38(44)37(43)27-23-6-4-2/h20,24,35-38,41-44H,3-19,21-23,25-34H2,1-2H3,(H,47,48)/b24-20-. The van der Waals surface area contributed by atoms with Gasteiger partial charge < -0.3 is 34.8 Å². The summed E-state index contributed by atoms with van der Waals surface area (Å²) in [5.74, 6) is -0.997. The molecule has 0 saturated heterocycles. The highest BCUT2D eigenvalue weighted by Crippen LogP contribution is 2.43. The molecular formula is C40H77O12P. The number of hydrogen-bond acceptors (Lipinski definition) is 11. The maximum absolute atomic E-state index is 12.6. The number of carbonyl (C=O) groups excluding carboxylic acids is 2. The van der Waals surface area contributed by atoms with E-state index in [2.05, 4.69) is 18.4 Å². The summed E-state index contributed by atoms with van der Waals surface area (Å²) in [6.07, 6.45) is 25.1. The highest BCUT2D eigenvalue weighted by molar-refractivity contribution is 7.47. The van der Waals surface area contributed by atoms with Crippen LogP contribution in [0.4, 0.5) is 0 Å². The second-order valence-electron chi connectivity index (χ2n) is 14.3. The smallest absolute Gasteiger partial charge is 0.462 e. The van der Waals surface area contributed by atoms with Crippen molar-refractivity contribution in [1.82, 2.24) is 0 Å². The highest BCUT2D eigenvalue weighted by Gasteiger charge is 2.27. The van der Waals surface area contributed by atoms with Crippen LogP contribution in [-0.4, -0.2) is 88.1 Å². The number of esters is 2. The monoisotopic (exact) mass is 781 g/mol. The Hall–Kier alpha value is -1.37. The van der Waals surface area contributed by atoms with Crippen LogP contribution in [0, 0.1) is 0 Å². The molecule has 0 bridgehead atoms. The maximum Gasteiger partial charge on any atom is 0.472 e. The van der Waals surface area contributed by atoms with Gasteiger partial charge in [0.05, 0.1) is 32.0 Å². The van der Waals surface area contributed by atoms with Crippen molar-refractivity contribution in [2.75, 3.05) is 26.4 Å². The van der Waals surface area contributed by atoms with Crippen LogP contribution in [0.2, 0.25) is 0 Å². The number of ether oxygens (including phenoxy) is 2. The molecule has 0 rings (SSSR count). The molecule has 0 aromatic heterocycles. The minimum Gasteiger partial charge on any atom is -0.462 e. The molecule has 0 aliphatic carbocycles. The first kappa shape index (κ1) is 51.6. The third kappa shape index (κ3) is 34.8. The first-order valence-corrected chi connectivity index (χ1v) is 22.3. The number of carbonyl (C=O) groups is 2. The second-order valence-corrected chi connectivity index (χ2v) is 15.8. The van der Waals surface area contributed by atoms with E-state index in [9.17, 15) is 34.4 Å². The zero-order valence-corrected chi connectivity index (χ0v) is 34.1. The van der Waals surface area contributed by atoms with Crippen molar-refractivity contribution in [3.63, 3.8) is 0 Å². The van der Waals surface area contributed by atoms with Crippen molar-refractivity contribution >= 4 is 19.8 Å². The molecule has 0 spiro atoms. The van der Waals surface area contributed by atoms with E-state index in [4.69, 9.17) is 19.1 Å². The van der Waals surface area contributed by atoms with Crippen molar-refractivity contribution in [2.24, 2.45) is 0 Å². The van der Waals surface area contributed by atoms with E-state index in [1.165, 1.54) is 57.8 Å². The predicted molar refractivity (Wildman–Crippen MR) is 208 cm³/mol. The van der Waals surface area contributed by atoms with Crippen molar-refractivity contribution in [1.29, 1.82) is 0 Å². The number of aliphatic hydroxyl groups is 4. The van der Waals surface area contributed by atoms with Crippen molar-refractivity contribution in [3.05, 3.63) is 12.2 Å². The van der Waals surface area contributed by atoms with E-state index < -0.39 is 64.0 Å². The maximum atomic E-state index is 12.6. The van der Waals surface area contributed by atoms with Crippen LogP contribution in [0.15, 0.2) is 12.2 Å². The number of aliphatic hydroxyl groups excluding tert-OH is 4. The summed E-state index contributed by atoms with van der Waals surface area (Å²) < 4.78 is 32.6. The van der Waals surface area contributed by atoms with E-state index in [0.717, 1.165) is 70.6 Å². The van der Waals surface area contributed by atoms with E-state index in [-0.39, 0.29) is 19.4 Å². The summed E-state index contributed by atoms with van der Waals surface area (Å²) in [7, 11) is -4.64. The van der Waals surface area contributed by atoms with E-state index in [1.807, 2.05) is 12.2 Å². The molecule has 53 heavy (non-hydrogen) atoms. The van der Waals surface area contributed by atoms with Crippen LogP contribution in [0.1, 0.15) is 181 Å². The largest absolute Gasteiger partial charge is 0.472 e. The van der Waals surface area contributed by atoms with Gasteiger partial charge in [0.25, 0.3) is 0 Å². The zero-order chi connectivity index (χ0) is 39.4. The van der Waals surface area contributed by atoms with Crippen LogP contribution in [0.25, 0.3) is 0 Å². The molecule has 0 saturated carbocycles. The van der Waals surface area contributed by atoms with Gasteiger partial charge in [0.2, 0.25) is 0 Å². The van der Waals surface area contributed by atoms with Gasteiger partial charge in [-0.2, -0.15) is 0 Å². The SMILES string of the molecule is CCCCCCCCCCCCCCCC(=O)OCC(COP(=O)(O)OCC(O)CO)OC(=O)CCCCCCC/C=C\CC(O)C(O)CCCCC.